The summed E-state index contributed by atoms with van der Waals surface area (Å²) in [6, 6.07) is 8.08. The first-order valence-electron chi connectivity index (χ1n) is 5.33. The second-order valence-corrected chi connectivity index (χ2v) is 3.57. The monoisotopic (exact) mass is 224 g/mol. The summed E-state index contributed by atoms with van der Waals surface area (Å²) in [4.78, 5) is 0. The molecule has 0 saturated heterocycles. The predicted octanol–water partition coefficient (Wildman–Crippen LogP) is 3.70. The van der Waals surface area contributed by atoms with Crippen molar-refractivity contribution in [2.24, 2.45) is 10.2 Å². The molecule has 0 amide bonds. The SMILES string of the molecule is C=C/C=C\C(=C)/C=N/N=C/c1ccc(C)cc1. The van der Waals surface area contributed by atoms with Crippen LogP contribution in [0.5, 0.6) is 0 Å². The van der Waals surface area contributed by atoms with Crippen molar-refractivity contribution in [1.29, 1.82) is 0 Å². The number of aryl methyl sites for hydroxylation is 1. The quantitative estimate of drug-likeness (QED) is 0.414. The van der Waals surface area contributed by atoms with Crippen molar-refractivity contribution in [3.63, 3.8) is 0 Å². The molecule has 0 unspecified atom stereocenters. The Balaban J connectivity index is 2.52. The molecule has 2 nitrogen and oxygen atoms in total. The third-order valence-electron chi connectivity index (χ3n) is 2.02. The molecule has 0 heterocycles. The van der Waals surface area contributed by atoms with Gasteiger partial charge in [-0.15, -0.1) is 0 Å². The summed E-state index contributed by atoms with van der Waals surface area (Å²) in [6.45, 7) is 9.41. The first-order valence-corrected chi connectivity index (χ1v) is 5.33. The molecule has 0 saturated carbocycles. The molecule has 1 rings (SSSR count). The minimum absolute atomic E-state index is 0.783. The Morgan fingerprint density at radius 3 is 2.53 bits per heavy atom. The normalized spacial score (nSPS) is 11.6. The highest BCUT2D eigenvalue weighted by Crippen LogP contribution is 2.00. The van der Waals surface area contributed by atoms with Gasteiger partial charge in [0, 0.05) is 0 Å². The number of rotatable bonds is 5. The van der Waals surface area contributed by atoms with E-state index in [1.807, 2.05) is 30.3 Å². The van der Waals surface area contributed by atoms with E-state index in [4.69, 9.17) is 0 Å². The van der Waals surface area contributed by atoms with Crippen molar-refractivity contribution in [2.75, 3.05) is 0 Å². The van der Waals surface area contributed by atoms with Crippen LogP contribution in [-0.4, -0.2) is 12.4 Å². The van der Waals surface area contributed by atoms with Gasteiger partial charge >= 0.3 is 0 Å². The number of hydrogen-bond acceptors (Lipinski definition) is 2. The van der Waals surface area contributed by atoms with Crippen LogP contribution in [0.2, 0.25) is 0 Å². The maximum Gasteiger partial charge on any atom is 0.0568 e. The van der Waals surface area contributed by atoms with Gasteiger partial charge < -0.3 is 0 Å². The molecule has 0 aliphatic rings. The van der Waals surface area contributed by atoms with Gasteiger partial charge in [-0.05, 0) is 18.1 Å². The van der Waals surface area contributed by atoms with E-state index < -0.39 is 0 Å². The lowest BCUT2D eigenvalue weighted by Gasteiger charge is -1.92. The van der Waals surface area contributed by atoms with Gasteiger partial charge in [0.15, 0.2) is 0 Å². The second-order valence-electron chi connectivity index (χ2n) is 3.57. The Morgan fingerprint density at radius 2 is 1.88 bits per heavy atom. The molecular weight excluding hydrogens is 208 g/mol. The fourth-order valence-corrected chi connectivity index (χ4v) is 1.09. The first kappa shape index (κ1) is 12.8. The Bertz CT molecular complexity index is 462. The molecule has 0 aliphatic carbocycles. The maximum atomic E-state index is 3.94. The Hall–Kier alpha value is -2.22. The van der Waals surface area contributed by atoms with Crippen molar-refractivity contribution in [3.8, 4) is 0 Å². The molecule has 0 aliphatic heterocycles. The zero-order chi connectivity index (χ0) is 12.5. The molecule has 0 fully saturated rings. The van der Waals surface area contributed by atoms with Gasteiger partial charge in [-0.1, -0.05) is 61.2 Å². The lowest BCUT2D eigenvalue weighted by atomic mass is 10.2. The van der Waals surface area contributed by atoms with E-state index in [-0.39, 0.29) is 0 Å². The molecule has 17 heavy (non-hydrogen) atoms. The molecular formula is C15H16N2. The molecule has 1 aromatic rings. The third-order valence-corrected chi connectivity index (χ3v) is 2.02. The van der Waals surface area contributed by atoms with Crippen LogP contribution in [0.25, 0.3) is 0 Å². The summed E-state index contributed by atoms with van der Waals surface area (Å²) >= 11 is 0. The van der Waals surface area contributed by atoms with Gasteiger partial charge in [0.05, 0.1) is 12.4 Å². The Labute approximate surface area is 102 Å². The molecule has 0 N–H and O–H groups in total. The highest BCUT2D eigenvalue weighted by atomic mass is 15.2. The third kappa shape index (κ3) is 5.42. The van der Waals surface area contributed by atoms with E-state index in [9.17, 15) is 0 Å². The lowest BCUT2D eigenvalue weighted by molar-refractivity contribution is 1.26. The zero-order valence-corrected chi connectivity index (χ0v) is 10.0. The van der Waals surface area contributed by atoms with Gasteiger partial charge in [-0.2, -0.15) is 10.2 Å². The van der Waals surface area contributed by atoms with Crippen molar-refractivity contribution in [3.05, 3.63) is 72.4 Å². The largest absolute Gasteiger partial charge is 0.159 e. The smallest absolute Gasteiger partial charge is 0.0568 e. The average molecular weight is 224 g/mol. The fourth-order valence-electron chi connectivity index (χ4n) is 1.09. The maximum absolute atomic E-state index is 3.94. The van der Waals surface area contributed by atoms with E-state index in [0.29, 0.717) is 0 Å². The van der Waals surface area contributed by atoms with Crippen LogP contribution in [0, 0.1) is 6.92 Å². The highest BCUT2D eigenvalue weighted by molar-refractivity contribution is 5.83. The average Bonchev–Trinajstić information content (AvgIpc) is 2.34. The minimum Gasteiger partial charge on any atom is -0.159 e. The van der Waals surface area contributed by atoms with Crippen LogP contribution in [0.3, 0.4) is 0 Å². The fraction of sp³-hybridized carbons (Fsp3) is 0.0667. The Kier molecular flexibility index (Phi) is 5.38. The van der Waals surface area contributed by atoms with Crippen LogP contribution in [0.4, 0.5) is 0 Å². The number of hydrogen-bond donors (Lipinski definition) is 0. The Morgan fingerprint density at radius 1 is 1.18 bits per heavy atom. The zero-order valence-electron chi connectivity index (χ0n) is 10.0. The van der Waals surface area contributed by atoms with Gasteiger partial charge in [0.2, 0.25) is 0 Å². The first-order chi connectivity index (χ1) is 8.22. The van der Waals surface area contributed by atoms with Crippen molar-refractivity contribution >= 4 is 12.4 Å². The van der Waals surface area contributed by atoms with Gasteiger partial charge in [0.25, 0.3) is 0 Å². The standard InChI is InChI=1S/C15H16N2/c1-4-5-6-14(3)11-16-17-12-15-9-7-13(2)8-10-15/h4-12H,1,3H2,2H3/b6-5-,16-11+,17-12+. The minimum atomic E-state index is 0.783. The van der Waals surface area contributed by atoms with Gasteiger partial charge in [-0.3, -0.25) is 0 Å². The van der Waals surface area contributed by atoms with Crippen molar-refractivity contribution in [1.82, 2.24) is 0 Å². The van der Waals surface area contributed by atoms with Crippen LogP contribution in [0.1, 0.15) is 11.1 Å². The molecule has 1 aromatic carbocycles. The van der Waals surface area contributed by atoms with Crippen LogP contribution < -0.4 is 0 Å². The molecule has 2 heteroatoms. The molecule has 86 valence electrons. The lowest BCUT2D eigenvalue weighted by Crippen LogP contribution is -1.80. The number of nitrogens with zero attached hydrogens (tertiary/aromatic N) is 2. The molecule has 0 aromatic heterocycles. The molecule has 0 bridgehead atoms. The van der Waals surface area contributed by atoms with Gasteiger partial charge in [-0.25, -0.2) is 0 Å². The number of allylic oxidation sites excluding steroid dienone is 4. The van der Waals surface area contributed by atoms with E-state index in [1.54, 1.807) is 24.6 Å². The molecule has 0 spiro atoms. The van der Waals surface area contributed by atoms with Crippen LogP contribution in [0.15, 0.2) is 71.4 Å². The summed E-state index contributed by atoms with van der Waals surface area (Å²) < 4.78 is 0. The van der Waals surface area contributed by atoms with E-state index >= 15 is 0 Å². The van der Waals surface area contributed by atoms with Crippen molar-refractivity contribution in [2.45, 2.75) is 6.92 Å². The topological polar surface area (TPSA) is 24.7 Å². The molecule has 0 atom stereocenters. The number of benzene rings is 1. The second kappa shape index (κ2) is 7.12. The van der Waals surface area contributed by atoms with E-state index in [0.717, 1.165) is 11.1 Å². The summed E-state index contributed by atoms with van der Waals surface area (Å²) in [5, 5.41) is 7.84. The van der Waals surface area contributed by atoms with Gasteiger partial charge in [0.1, 0.15) is 0 Å². The summed E-state index contributed by atoms with van der Waals surface area (Å²) in [6.07, 6.45) is 8.62. The van der Waals surface area contributed by atoms with Crippen LogP contribution >= 0.6 is 0 Å². The molecule has 0 radical (unpaired) electrons. The van der Waals surface area contributed by atoms with E-state index in [1.165, 1.54) is 5.56 Å². The highest BCUT2D eigenvalue weighted by Gasteiger charge is 1.85. The predicted molar refractivity (Wildman–Crippen MR) is 75.7 cm³/mol. The van der Waals surface area contributed by atoms with E-state index in [2.05, 4.69) is 30.3 Å². The van der Waals surface area contributed by atoms with Crippen molar-refractivity contribution < 1.29 is 0 Å². The summed E-state index contributed by atoms with van der Waals surface area (Å²) in [5.41, 5.74) is 3.04. The summed E-state index contributed by atoms with van der Waals surface area (Å²) in [5.74, 6) is 0. The van der Waals surface area contributed by atoms with Crippen LogP contribution in [-0.2, 0) is 0 Å². The summed E-state index contributed by atoms with van der Waals surface area (Å²) in [7, 11) is 0.